The van der Waals surface area contributed by atoms with E-state index in [0.717, 1.165) is 12.3 Å². The van der Waals surface area contributed by atoms with Crippen molar-refractivity contribution in [3.63, 3.8) is 0 Å². The second-order valence-corrected chi connectivity index (χ2v) is 1.89. The Hall–Kier alpha value is -1.36. The van der Waals surface area contributed by atoms with E-state index >= 15 is 0 Å². The van der Waals surface area contributed by atoms with Crippen molar-refractivity contribution in [2.24, 2.45) is 0 Å². The number of nitrogens with two attached hydrogens (primary N) is 1. The van der Waals surface area contributed by atoms with Crippen molar-refractivity contribution in [3.8, 4) is 0 Å². The van der Waals surface area contributed by atoms with Crippen LogP contribution in [0.3, 0.4) is 0 Å². The Morgan fingerprint density at radius 2 is 2.25 bits per heavy atom. The van der Waals surface area contributed by atoms with Gasteiger partial charge in [0, 0.05) is 0 Å². The first-order valence-corrected chi connectivity index (χ1v) is 2.75. The number of carbonyl (C=O) groups is 1. The van der Waals surface area contributed by atoms with Crippen LogP contribution in [-0.2, 0) is 0 Å². The largest absolute Gasteiger partial charge is 0.478 e. The zero-order valence-corrected chi connectivity index (χ0v) is 6.64. The Bertz CT molecular complexity index is 306. The molecule has 0 spiro atoms. The van der Waals surface area contributed by atoms with Gasteiger partial charge in [0.2, 0.25) is 0 Å². The van der Waals surface area contributed by atoms with E-state index in [0.29, 0.717) is 0 Å². The van der Waals surface area contributed by atoms with Gasteiger partial charge in [0.25, 0.3) is 0 Å². The van der Waals surface area contributed by atoms with Gasteiger partial charge in [0.05, 0.1) is 6.20 Å². The third-order valence-corrected chi connectivity index (χ3v) is 1.11. The standard InChI is InChI=1S/C6H5FN2O2.ClH/c7-4-2-9-5(8)1-3(4)6(10)11;/h1-2H,(H2,8,9)(H,10,11);1H. The van der Waals surface area contributed by atoms with Crippen molar-refractivity contribution in [2.45, 2.75) is 0 Å². The lowest BCUT2D eigenvalue weighted by Crippen LogP contribution is -2.03. The predicted octanol–water partition coefficient (Wildman–Crippen LogP) is 0.923. The highest BCUT2D eigenvalue weighted by Gasteiger charge is 2.09. The number of carboxylic acids is 1. The maximum absolute atomic E-state index is 12.5. The van der Waals surface area contributed by atoms with E-state index < -0.39 is 17.3 Å². The third kappa shape index (κ3) is 2.06. The summed E-state index contributed by atoms with van der Waals surface area (Å²) < 4.78 is 12.5. The van der Waals surface area contributed by atoms with Crippen LogP contribution in [0.1, 0.15) is 10.4 Å². The molecule has 1 heterocycles. The maximum Gasteiger partial charge on any atom is 0.338 e. The molecule has 12 heavy (non-hydrogen) atoms. The highest BCUT2D eigenvalue weighted by atomic mass is 35.5. The summed E-state index contributed by atoms with van der Waals surface area (Å²) in [5, 5.41) is 8.37. The van der Waals surface area contributed by atoms with E-state index in [9.17, 15) is 9.18 Å². The Kier molecular flexibility index (Phi) is 3.43. The van der Waals surface area contributed by atoms with E-state index in [4.69, 9.17) is 10.8 Å². The summed E-state index contributed by atoms with van der Waals surface area (Å²) in [6.45, 7) is 0. The molecule has 0 aliphatic carbocycles. The van der Waals surface area contributed by atoms with Crippen molar-refractivity contribution in [3.05, 3.63) is 23.6 Å². The molecule has 3 N–H and O–H groups in total. The van der Waals surface area contributed by atoms with Crippen LogP contribution in [0.5, 0.6) is 0 Å². The number of nitrogens with zero attached hydrogens (tertiary/aromatic N) is 1. The molecule has 1 aromatic heterocycles. The molecule has 0 aliphatic rings. The van der Waals surface area contributed by atoms with Gasteiger partial charge in [-0.2, -0.15) is 0 Å². The van der Waals surface area contributed by atoms with Gasteiger partial charge in [-0.3, -0.25) is 0 Å². The van der Waals surface area contributed by atoms with Gasteiger partial charge in [-0.05, 0) is 6.07 Å². The number of aromatic carboxylic acids is 1. The highest BCUT2D eigenvalue weighted by molar-refractivity contribution is 5.88. The van der Waals surface area contributed by atoms with Crippen LogP contribution < -0.4 is 5.73 Å². The number of nitrogen functional groups attached to an aromatic ring is 1. The third-order valence-electron chi connectivity index (χ3n) is 1.11. The Balaban J connectivity index is 0.00000121. The fraction of sp³-hybridized carbons (Fsp3) is 0. The lowest BCUT2D eigenvalue weighted by molar-refractivity contribution is 0.0691. The van der Waals surface area contributed by atoms with Crippen LogP contribution in [0.15, 0.2) is 12.3 Å². The molecule has 0 atom stereocenters. The zero-order chi connectivity index (χ0) is 8.43. The number of carboxylic acid groups (broad SMARTS) is 1. The molecule has 0 radical (unpaired) electrons. The molecule has 0 unspecified atom stereocenters. The van der Waals surface area contributed by atoms with Crippen LogP contribution >= 0.6 is 12.4 Å². The first-order chi connectivity index (χ1) is 5.11. The molecular formula is C6H6ClFN2O2. The minimum atomic E-state index is -1.35. The van der Waals surface area contributed by atoms with Crippen molar-refractivity contribution >= 4 is 24.2 Å². The molecule has 0 saturated carbocycles. The molecule has 6 heteroatoms. The summed E-state index contributed by atoms with van der Waals surface area (Å²) in [7, 11) is 0. The molecule has 0 aliphatic heterocycles. The Labute approximate surface area is 73.6 Å². The second-order valence-electron chi connectivity index (χ2n) is 1.89. The maximum atomic E-state index is 12.5. The van der Waals surface area contributed by atoms with Crippen molar-refractivity contribution in [1.82, 2.24) is 4.98 Å². The lowest BCUT2D eigenvalue weighted by atomic mass is 10.2. The first kappa shape index (κ1) is 10.6. The van der Waals surface area contributed by atoms with Gasteiger partial charge < -0.3 is 10.8 Å². The van der Waals surface area contributed by atoms with Gasteiger partial charge in [0.1, 0.15) is 11.4 Å². The number of pyridine rings is 1. The van der Waals surface area contributed by atoms with Gasteiger partial charge >= 0.3 is 5.97 Å². The number of rotatable bonds is 1. The minimum Gasteiger partial charge on any atom is -0.478 e. The first-order valence-electron chi connectivity index (χ1n) is 2.75. The summed E-state index contributed by atoms with van der Waals surface area (Å²) in [4.78, 5) is 13.6. The van der Waals surface area contributed by atoms with Crippen LogP contribution in [0.25, 0.3) is 0 Å². The Morgan fingerprint density at radius 3 is 2.67 bits per heavy atom. The van der Waals surface area contributed by atoms with Gasteiger partial charge in [-0.15, -0.1) is 12.4 Å². The SMILES string of the molecule is Cl.Nc1cc(C(=O)O)c(F)cn1. The molecule has 0 amide bonds. The van der Waals surface area contributed by atoms with Crippen LogP contribution in [0, 0.1) is 5.82 Å². The molecule has 0 bridgehead atoms. The molecule has 1 aromatic rings. The normalized spacial score (nSPS) is 8.75. The summed E-state index contributed by atoms with van der Waals surface area (Å²) >= 11 is 0. The van der Waals surface area contributed by atoms with E-state index in [2.05, 4.69) is 4.98 Å². The van der Waals surface area contributed by atoms with Gasteiger partial charge in [-0.25, -0.2) is 14.2 Å². The number of hydrogen-bond donors (Lipinski definition) is 2. The summed E-state index contributed by atoms with van der Waals surface area (Å²) in [6, 6.07) is 0.970. The quantitative estimate of drug-likeness (QED) is 0.694. The average Bonchev–Trinajstić information content (AvgIpc) is 1.94. The zero-order valence-electron chi connectivity index (χ0n) is 5.82. The monoisotopic (exact) mass is 192 g/mol. The van der Waals surface area contributed by atoms with Gasteiger partial charge in [-0.1, -0.05) is 0 Å². The fourth-order valence-electron chi connectivity index (χ4n) is 0.619. The molecule has 0 fully saturated rings. The van der Waals surface area contributed by atoms with E-state index in [1.54, 1.807) is 0 Å². The van der Waals surface area contributed by atoms with Crippen LogP contribution in [-0.4, -0.2) is 16.1 Å². The summed E-state index contributed by atoms with van der Waals surface area (Å²) in [5.74, 6) is -2.24. The van der Waals surface area contributed by atoms with Crippen molar-refractivity contribution in [1.29, 1.82) is 0 Å². The van der Waals surface area contributed by atoms with Crippen LogP contribution in [0.4, 0.5) is 10.2 Å². The number of anilines is 1. The minimum absolute atomic E-state index is 0. The van der Waals surface area contributed by atoms with Crippen LogP contribution in [0.2, 0.25) is 0 Å². The molecular weight excluding hydrogens is 187 g/mol. The van der Waals surface area contributed by atoms with Gasteiger partial charge in [0.15, 0.2) is 5.82 Å². The van der Waals surface area contributed by atoms with E-state index in [1.165, 1.54) is 0 Å². The molecule has 0 saturated heterocycles. The number of hydrogen-bond acceptors (Lipinski definition) is 3. The Morgan fingerprint density at radius 1 is 1.67 bits per heavy atom. The van der Waals surface area contributed by atoms with Crippen molar-refractivity contribution < 1.29 is 14.3 Å². The predicted molar refractivity (Wildman–Crippen MR) is 42.8 cm³/mol. The smallest absolute Gasteiger partial charge is 0.338 e. The fourth-order valence-corrected chi connectivity index (χ4v) is 0.619. The van der Waals surface area contributed by atoms with E-state index in [-0.39, 0.29) is 18.2 Å². The molecule has 0 aromatic carbocycles. The highest BCUT2D eigenvalue weighted by Crippen LogP contribution is 2.08. The number of aromatic nitrogens is 1. The summed E-state index contributed by atoms with van der Waals surface area (Å²) in [6.07, 6.45) is 0.777. The lowest BCUT2D eigenvalue weighted by Gasteiger charge is -1.96. The second kappa shape index (κ2) is 3.87. The average molecular weight is 193 g/mol. The van der Waals surface area contributed by atoms with E-state index in [1.807, 2.05) is 0 Å². The topological polar surface area (TPSA) is 76.2 Å². The van der Waals surface area contributed by atoms with Crippen molar-refractivity contribution in [2.75, 3.05) is 5.73 Å². The molecule has 66 valence electrons. The summed E-state index contributed by atoms with van der Waals surface area (Å²) in [5.41, 5.74) is 4.66. The number of halogens is 2. The molecule has 4 nitrogen and oxygen atoms in total. The molecule has 1 rings (SSSR count).